The molecule has 2 aromatic rings. The molecule has 1 N–H and O–H groups in total. The highest BCUT2D eigenvalue weighted by Crippen LogP contribution is 2.20. The predicted octanol–water partition coefficient (Wildman–Crippen LogP) is 3.47. The minimum atomic E-state index is -0.337. The van der Waals surface area contributed by atoms with Crippen molar-refractivity contribution in [1.82, 2.24) is 4.90 Å². The lowest BCUT2D eigenvalue weighted by Crippen LogP contribution is -2.26. The highest BCUT2D eigenvalue weighted by molar-refractivity contribution is 6.31. The third-order valence-electron chi connectivity index (χ3n) is 3.07. The monoisotopic (exact) mass is 293 g/mol. The van der Waals surface area contributed by atoms with Crippen LogP contribution in [0.4, 0.5) is 4.39 Å². The molecule has 4 heteroatoms. The van der Waals surface area contributed by atoms with Crippen LogP contribution in [0, 0.1) is 5.82 Å². The Hall–Kier alpha value is -1.42. The van der Waals surface area contributed by atoms with E-state index in [0.29, 0.717) is 18.1 Å². The van der Waals surface area contributed by atoms with Crippen molar-refractivity contribution < 1.29 is 9.50 Å². The molecule has 0 aromatic heterocycles. The lowest BCUT2D eigenvalue weighted by atomic mass is 10.1. The molecule has 20 heavy (non-hydrogen) atoms. The van der Waals surface area contributed by atoms with Gasteiger partial charge in [0.1, 0.15) is 5.82 Å². The van der Waals surface area contributed by atoms with Crippen LogP contribution in [0.5, 0.6) is 0 Å². The second-order valence-electron chi connectivity index (χ2n) is 4.66. The average Bonchev–Trinajstić information content (AvgIpc) is 2.43. The molecular weight excluding hydrogens is 277 g/mol. The number of rotatable bonds is 6. The highest BCUT2D eigenvalue weighted by Gasteiger charge is 2.09. The van der Waals surface area contributed by atoms with Crippen LogP contribution in [0.3, 0.4) is 0 Å². The van der Waals surface area contributed by atoms with E-state index in [0.717, 1.165) is 12.1 Å². The number of aliphatic hydroxyl groups is 1. The van der Waals surface area contributed by atoms with Crippen molar-refractivity contribution in [1.29, 1.82) is 0 Å². The smallest absolute Gasteiger partial charge is 0.124 e. The standard InChI is InChI=1S/C16H17ClFNO/c17-16-10-15(18)7-6-14(16)12-19(8-9-20)11-13-4-2-1-3-5-13/h1-7,10,20H,8-9,11-12H2. The quantitative estimate of drug-likeness (QED) is 0.881. The van der Waals surface area contributed by atoms with Crippen LogP contribution < -0.4 is 0 Å². The van der Waals surface area contributed by atoms with Gasteiger partial charge >= 0.3 is 0 Å². The van der Waals surface area contributed by atoms with Gasteiger partial charge in [0.15, 0.2) is 0 Å². The molecule has 2 nitrogen and oxygen atoms in total. The Morgan fingerprint density at radius 3 is 2.45 bits per heavy atom. The summed E-state index contributed by atoms with van der Waals surface area (Å²) < 4.78 is 13.0. The Bertz CT molecular complexity index is 547. The van der Waals surface area contributed by atoms with E-state index in [1.165, 1.54) is 17.7 Å². The summed E-state index contributed by atoms with van der Waals surface area (Å²) in [6, 6.07) is 14.4. The molecular formula is C16H17ClFNO. The summed E-state index contributed by atoms with van der Waals surface area (Å²) in [7, 11) is 0. The van der Waals surface area contributed by atoms with E-state index in [1.807, 2.05) is 30.3 Å². The van der Waals surface area contributed by atoms with E-state index < -0.39 is 0 Å². The summed E-state index contributed by atoms with van der Waals surface area (Å²) >= 11 is 6.05. The molecule has 0 saturated heterocycles. The number of halogens is 2. The summed E-state index contributed by atoms with van der Waals surface area (Å²) in [6.45, 7) is 1.91. The zero-order chi connectivity index (χ0) is 14.4. The number of benzene rings is 2. The normalized spacial score (nSPS) is 11.0. The first kappa shape index (κ1) is 15.0. The first-order valence-corrected chi connectivity index (χ1v) is 6.88. The van der Waals surface area contributed by atoms with Gasteiger partial charge in [0, 0.05) is 24.7 Å². The Kier molecular flexibility index (Phi) is 5.53. The van der Waals surface area contributed by atoms with E-state index in [-0.39, 0.29) is 12.4 Å². The SMILES string of the molecule is OCCN(Cc1ccccc1)Cc1ccc(F)cc1Cl. The molecule has 0 aliphatic heterocycles. The third kappa shape index (κ3) is 4.30. The van der Waals surface area contributed by atoms with Crippen molar-refractivity contribution in [2.75, 3.05) is 13.2 Å². The molecule has 0 saturated carbocycles. The van der Waals surface area contributed by atoms with Gasteiger partial charge in [0.25, 0.3) is 0 Å². The molecule has 0 bridgehead atoms. The van der Waals surface area contributed by atoms with Crippen molar-refractivity contribution in [2.45, 2.75) is 13.1 Å². The Labute approximate surface area is 123 Å². The van der Waals surface area contributed by atoms with Gasteiger partial charge in [0.2, 0.25) is 0 Å². The van der Waals surface area contributed by atoms with Gasteiger partial charge in [-0.3, -0.25) is 4.90 Å². The minimum Gasteiger partial charge on any atom is -0.395 e. The molecule has 0 heterocycles. The van der Waals surface area contributed by atoms with Gasteiger partial charge in [-0.15, -0.1) is 0 Å². The minimum absolute atomic E-state index is 0.0750. The number of aliphatic hydroxyl groups excluding tert-OH is 1. The summed E-state index contributed by atoms with van der Waals surface area (Å²) in [5.41, 5.74) is 2.02. The molecule has 106 valence electrons. The van der Waals surface area contributed by atoms with Gasteiger partial charge in [-0.05, 0) is 23.3 Å². The van der Waals surface area contributed by atoms with Gasteiger partial charge in [-0.25, -0.2) is 4.39 Å². The average molecular weight is 294 g/mol. The highest BCUT2D eigenvalue weighted by atomic mass is 35.5. The first-order chi connectivity index (χ1) is 9.69. The van der Waals surface area contributed by atoms with Crippen LogP contribution in [0.15, 0.2) is 48.5 Å². The zero-order valence-electron chi connectivity index (χ0n) is 11.1. The van der Waals surface area contributed by atoms with E-state index in [2.05, 4.69) is 4.90 Å². The predicted molar refractivity (Wildman–Crippen MR) is 79.1 cm³/mol. The number of nitrogens with zero attached hydrogens (tertiary/aromatic N) is 1. The summed E-state index contributed by atoms with van der Waals surface area (Å²) in [5, 5.41) is 9.59. The fourth-order valence-electron chi connectivity index (χ4n) is 2.09. The summed E-state index contributed by atoms with van der Waals surface area (Å²) in [5.74, 6) is -0.337. The second kappa shape index (κ2) is 7.39. The van der Waals surface area contributed by atoms with Gasteiger partial charge in [-0.1, -0.05) is 48.0 Å². The molecule has 0 atom stereocenters. The molecule has 0 aliphatic rings. The van der Waals surface area contributed by atoms with Gasteiger partial charge < -0.3 is 5.11 Å². The molecule has 0 unspecified atom stereocenters. The summed E-state index contributed by atoms with van der Waals surface area (Å²) in [6.07, 6.45) is 0. The number of hydrogen-bond donors (Lipinski definition) is 1. The van der Waals surface area contributed by atoms with Crippen LogP contribution in [0.2, 0.25) is 5.02 Å². The topological polar surface area (TPSA) is 23.5 Å². The third-order valence-corrected chi connectivity index (χ3v) is 3.43. The zero-order valence-corrected chi connectivity index (χ0v) is 11.9. The maximum atomic E-state index is 13.0. The van der Waals surface area contributed by atoms with Crippen molar-refractivity contribution in [3.8, 4) is 0 Å². The van der Waals surface area contributed by atoms with Crippen LogP contribution in [-0.4, -0.2) is 23.2 Å². The molecule has 0 amide bonds. The summed E-state index contributed by atoms with van der Waals surface area (Å²) in [4.78, 5) is 2.08. The van der Waals surface area contributed by atoms with E-state index >= 15 is 0 Å². The van der Waals surface area contributed by atoms with Crippen LogP contribution in [-0.2, 0) is 13.1 Å². The van der Waals surface area contributed by atoms with Gasteiger partial charge in [0.05, 0.1) is 6.61 Å². The Morgan fingerprint density at radius 2 is 1.80 bits per heavy atom. The molecule has 0 spiro atoms. The largest absolute Gasteiger partial charge is 0.395 e. The molecule has 2 aromatic carbocycles. The van der Waals surface area contributed by atoms with Crippen molar-refractivity contribution in [2.24, 2.45) is 0 Å². The van der Waals surface area contributed by atoms with Crippen molar-refractivity contribution >= 4 is 11.6 Å². The van der Waals surface area contributed by atoms with E-state index in [9.17, 15) is 9.50 Å². The lowest BCUT2D eigenvalue weighted by molar-refractivity contribution is 0.184. The first-order valence-electron chi connectivity index (χ1n) is 6.50. The number of hydrogen-bond acceptors (Lipinski definition) is 2. The van der Waals surface area contributed by atoms with Gasteiger partial charge in [-0.2, -0.15) is 0 Å². The van der Waals surface area contributed by atoms with E-state index in [4.69, 9.17) is 11.6 Å². The lowest BCUT2D eigenvalue weighted by Gasteiger charge is -2.22. The second-order valence-corrected chi connectivity index (χ2v) is 5.06. The molecule has 0 radical (unpaired) electrons. The molecule has 0 fully saturated rings. The molecule has 0 aliphatic carbocycles. The van der Waals surface area contributed by atoms with E-state index in [1.54, 1.807) is 6.07 Å². The van der Waals surface area contributed by atoms with Crippen LogP contribution >= 0.6 is 11.6 Å². The van der Waals surface area contributed by atoms with Crippen molar-refractivity contribution in [3.05, 3.63) is 70.5 Å². The Morgan fingerprint density at radius 1 is 1.05 bits per heavy atom. The fraction of sp³-hybridized carbons (Fsp3) is 0.250. The van der Waals surface area contributed by atoms with Crippen LogP contribution in [0.25, 0.3) is 0 Å². The maximum Gasteiger partial charge on any atom is 0.124 e. The van der Waals surface area contributed by atoms with Crippen LogP contribution in [0.1, 0.15) is 11.1 Å². The van der Waals surface area contributed by atoms with Crippen molar-refractivity contribution in [3.63, 3.8) is 0 Å². The Balaban J connectivity index is 2.09. The maximum absolute atomic E-state index is 13.0. The fourth-order valence-corrected chi connectivity index (χ4v) is 2.31. The molecule has 2 rings (SSSR count).